The molecule has 1 aromatic carbocycles. The quantitative estimate of drug-likeness (QED) is 0.528. The van der Waals surface area contributed by atoms with Gasteiger partial charge in [0.1, 0.15) is 5.00 Å². The number of carbonyl (C=O) groups excluding carboxylic acids is 2. The van der Waals surface area contributed by atoms with E-state index in [9.17, 15) is 22.8 Å². The molecule has 0 aliphatic heterocycles. The van der Waals surface area contributed by atoms with Gasteiger partial charge in [-0.25, -0.2) is 4.79 Å². The first-order valence-corrected chi connectivity index (χ1v) is 11.8. The first-order valence-electron chi connectivity index (χ1n) is 11.0. The van der Waals surface area contributed by atoms with Crippen molar-refractivity contribution in [2.45, 2.75) is 58.8 Å². The van der Waals surface area contributed by atoms with Gasteiger partial charge in [0.25, 0.3) is 0 Å². The molecule has 1 aliphatic carbocycles. The van der Waals surface area contributed by atoms with Crippen molar-refractivity contribution in [3.63, 3.8) is 0 Å². The lowest BCUT2D eigenvalue weighted by Crippen LogP contribution is -2.39. The highest BCUT2D eigenvalue weighted by Gasteiger charge is 2.31. The Bertz CT molecular complexity index is 1000. The van der Waals surface area contributed by atoms with E-state index in [1.165, 1.54) is 23.5 Å². The summed E-state index contributed by atoms with van der Waals surface area (Å²) in [5.74, 6) is -0.198. The van der Waals surface area contributed by atoms with E-state index in [4.69, 9.17) is 4.74 Å². The third-order valence-electron chi connectivity index (χ3n) is 5.98. The molecule has 0 saturated heterocycles. The van der Waals surface area contributed by atoms with Crippen LogP contribution in [0.1, 0.15) is 59.1 Å². The molecule has 0 unspecified atom stereocenters. The molecular weight excluding hydrogens is 453 g/mol. The van der Waals surface area contributed by atoms with E-state index in [1.807, 2.05) is 0 Å². The number of esters is 1. The highest BCUT2D eigenvalue weighted by molar-refractivity contribution is 7.17. The van der Waals surface area contributed by atoms with Gasteiger partial charge in [0.15, 0.2) is 0 Å². The Balaban J connectivity index is 1.73. The van der Waals surface area contributed by atoms with Gasteiger partial charge in [0.2, 0.25) is 5.91 Å². The molecular formula is C24H29F3N2O3S. The first-order chi connectivity index (χ1) is 15.5. The van der Waals surface area contributed by atoms with Crippen LogP contribution in [0.3, 0.4) is 0 Å². The van der Waals surface area contributed by atoms with Gasteiger partial charge in [-0.3, -0.25) is 9.69 Å². The van der Waals surface area contributed by atoms with Gasteiger partial charge in [-0.15, -0.1) is 11.3 Å². The summed E-state index contributed by atoms with van der Waals surface area (Å²) in [6.07, 6.45) is -1.76. The van der Waals surface area contributed by atoms with E-state index in [1.54, 1.807) is 25.8 Å². The summed E-state index contributed by atoms with van der Waals surface area (Å²) < 4.78 is 43.6. The third-order valence-corrected chi connectivity index (χ3v) is 7.15. The Morgan fingerprint density at radius 1 is 1.27 bits per heavy atom. The zero-order valence-corrected chi connectivity index (χ0v) is 20.0. The topological polar surface area (TPSA) is 58.6 Å². The van der Waals surface area contributed by atoms with E-state index >= 15 is 0 Å². The second-order valence-corrected chi connectivity index (χ2v) is 9.66. The summed E-state index contributed by atoms with van der Waals surface area (Å²) in [5, 5.41) is 3.41. The highest BCUT2D eigenvalue weighted by atomic mass is 32.1. The fraction of sp³-hybridized carbons (Fsp3) is 0.500. The first kappa shape index (κ1) is 25.2. The highest BCUT2D eigenvalue weighted by Crippen LogP contribution is 2.40. The zero-order chi connectivity index (χ0) is 24.3. The molecule has 0 fully saturated rings. The summed E-state index contributed by atoms with van der Waals surface area (Å²) in [6.45, 7) is 6.19. The van der Waals surface area contributed by atoms with Crippen molar-refractivity contribution in [2.24, 2.45) is 5.92 Å². The van der Waals surface area contributed by atoms with Crippen molar-refractivity contribution in [1.29, 1.82) is 0 Å². The fourth-order valence-electron chi connectivity index (χ4n) is 3.90. The summed E-state index contributed by atoms with van der Waals surface area (Å²) in [5.41, 5.74) is 1.38. The standard InChI is InChI=1S/C24H29F3N2O3S/c1-5-32-23(31)20-18-11-6-14(2)12-19(18)33-22(20)28-21(30)15(3)29(4)13-16-7-9-17(10-8-16)24(25,26)27/h7-10,14-15H,5-6,11-13H2,1-4H3,(H,28,30)/t14-,15-/m0/s1. The average Bonchev–Trinajstić information content (AvgIpc) is 3.09. The largest absolute Gasteiger partial charge is 0.462 e. The second-order valence-electron chi connectivity index (χ2n) is 8.55. The molecule has 33 heavy (non-hydrogen) atoms. The number of rotatable bonds is 7. The van der Waals surface area contributed by atoms with Gasteiger partial charge in [-0.2, -0.15) is 13.2 Å². The number of likely N-dealkylation sites (N-methyl/N-ethyl adjacent to an activating group) is 1. The van der Waals surface area contributed by atoms with Crippen molar-refractivity contribution < 1.29 is 27.5 Å². The van der Waals surface area contributed by atoms with Crippen molar-refractivity contribution in [1.82, 2.24) is 4.90 Å². The molecule has 9 heteroatoms. The summed E-state index contributed by atoms with van der Waals surface area (Å²) in [4.78, 5) is 28.5. The van der Waals surface area contributed by atoms with Crippen molar-refractivity contribution in [2.75, 3.05) is 19.0 Å². The Morgan fingerprint density at radius 2 is 1.94 bits per heavy atom. The fourth-order valence-corrected chi connectivity index (χ4v) is 5.30. The number of hydrogen-bond donors (Lipinski definition) is 1. The van der Waals surface area contributed by atoms with Gasteiger partial charge in [-0.1, -0.05) is 19.1 Å². The molecule has 0 saturated carbocycles. The molecule has 3 rings (SSSR count). The number of nitrogens with zero attached hydrogens (tertiary/aromatic N) is 1. The SMILES string of the molecule is CCOC(=O)c1c(NC(=O)[C@H](C)N(C)Cc2ccc(C(F)(F)F)cc2)sc2c1CC[C@H](C)C2. The van der Waals surface area contributed by atoms with Crippen LogP contribution >= 0.6 is 11.3 Å². The number of alkyl halides is 3. The number of thiophene rings is 1. The number of nitrogens with one attached hydrogen (secondary N) is 1. The van der Waals surface area contributed by atoms with Gasteiger partial charge in [0.05, 0.1) is 23.8 Å². The molecule has 1 heterocycles. The zero-order valence-electron chi connectivity index (χ0n) is 19.2. The van der Waals surface area contributed by atoms with Crippen LogP contribution in [0.15, 0.2) is 24.3 Å². The molecule has 0 radical (unpaired) electrons. The second kappa shape index (κ2) is 10.3. The molecule has 0 bridgehead atoms. The number of ether oxygens (including phenoxy) is 1. The number of amides is 1. The number of anilines is 1. The predicted octanol–water partition coefficient (Wildman–Crippen LogP) is 5.53. The summed E-state index contributed by atoms with van der Waals surface area (Å²) in [6, 6.07) is 4.34. The minimum absolute atomic E-state index is 0.250. The van der Waals surface area contributed by atoms with Gasteiger partial charge in [-0.05, 0) is 69.3 Å². The number of benzene rings is 1. The number of halogens is 3. The van der Waals surface area contributed by atoms with Crippen LogP contribution in [0.25, 0.3) is 0 Å². The monoisotopic (exact) mass is 482 g/mol. The number of fused-ring (bicyclic) bond motifs is 1. The van der Waals surface area contributed by atoms with E-state index < -0.39 is 23.8 Å². The smallest absolute Gasteiger partial charge is 0.416 e. The lowest BCUT2D eigenvalue weighted by molar-refractivity contribution is -0.137. The maximum atomic E-state index is 13.0. The molecule has 180 valence electrons. The Kier molecular flexibility index (Phi) is 7.84. The summed E-state index contributed by atoms with van der Waals surface area (Å²) >= 11 is 1.43. The molecule has 1 aliphatic rings. The van der Waals surface area contributed by atoms with E-state index in [-0.39, 0.29) is 12.5 Å². The minimum atomic E-state index is -4.38. The number of carbonyl (C=O) groups is 2. The van der Waals surface area contributed by atoms with E-state index in [2.05, 4.69) is 12.2 Å². The Morgan fingerprint density at radius 3 is 2.55 bits per heavy atom. The predicted molar refractivity (Wildman–Crippen MR) is 122 cm³/mol. The van der Waals surface area contributed by atoms with Crippen LogP contribution in [0, 0.1) is 5.92 Å². The van der Waals surface area contributed by atoms with Crippen LogP contribution in [0.4, 0.5) is 18.2 Å². The Hall–Kier alpha value is -2.39. The van der Waals surface area contributed by atoms with Gasteiger partial charge >= 0.3 is 12.1 Å². The molecule has 5 nitrogen and oxygen atoms in total. The molecule has 1 aromatic heterocycles. The van der Waals surface area contributed by atoms with Crippen molar-refractivity contribution >= 4 is 28.2 Å². The molecule has 2 atom stereocenters. The average molecular weight is 483 g/mol. The normalized spacial score (nSPS) is 16.9. The maximum Gasteiger partial charge on any atom is 0.416 e. The van der Waals surface area contributed by atoms with Crippen LogP contribution in [-0.2, 0) is 35.1 Å². The van der Waals surface area contributed by atoms with Crippen molar-refractivity contribution in [3.8, 4) is 0 Å². The van der Waals surface area contributed by atoms with E-state index in [0.29, 0.717) is 28.6 Å². The van der Waals surface area contributed by atoms with Gasteiger partial charge < -0.3 is 10.1 Å². The molecule has 0 spiro atoms. The lowest BCUT2D eigenvalue weighted by atomic mass is 9.88. The van der Waals surface area contributed by atoms with Crippen LogP contribution in [-0.4, -0.2) is 36.5 Å². The third kappa shape index (κ3) is 5.95. The van der Waals surface area contributed by atoms with Crippen LogP contribution < -0.4 is 5.32 Å². The lowest BCUT2D eigenvalue weighted by Gasteiger charge is -2.24. The van der Waals surface area contributed by atoms with Crippen molar-refractivity contribution in [3.05, 3.63) is 51.4 Å². The van der Waals surface area contributed by atoms with Crippen LogP contribution in [0.2, 0.25) is 0 Å². The van der Waals surface area contributed by atoms with Crippen LogP contribution in [0.5, 0.6) is 0 Å². The van der Waals surface area contributed by atoms with Gasteiger partial charge in [0, 0.05) is 11.4 Å². The number of hydrogen-bond acceptors (Lipinski definition) is 5. The maximum absolute atomic E-state index is 13.0. The molecule has 2 aromatic rings. The molecule has 1 N–H and O–H groups in total. The molecule has 1 amide bonds. The minimum Gasteiger partial charge on any atom is -0.462 e. The Labute approximate surface area is 195 Å². The van der Waals surface area contributed by atoms with E-state index in [0.717, 1.165) is 41.8 Å². The summed E-state index contributed by atoms with van der Waals surface area (Å²) in [7, 11) is 1.73.